The summed E-state index contributed by atoms with van der Waals surface area (Å²) in [5.41, 5.74) is 1.37. The third-order valence-corrected chi connectivity index (χ3v) is 4.82. The van der Waals surface area contributed by atoms with Crippen LogP contribution in [0, 0.1) is 6.92 Å². The van der Waals surface area contributed by atoms with Crippen LogP contribution in [0.2, 0.25) is 0 Å². The minimum Gasteiger partial charge on any atom is -0.300 e. The molecule has 0 unspecified atom stereocenters. The molecule has 2 heterocycles. The lowest BCUT2D eigenvalue weighted by atomic mass is 10.2. The highest BCUT2D eigenvalue weighted by Gasteiger charge is 2.18. The van der Waals surface area contributed by atoms with E-state index in [1.165, 1.54) is 27.7 Å². The van der Waals surface area contributed by atoms with Crippen LogP contribution in [-0.4, -0.2) is 22.6 Å². The van der Waals surface area contributed by atoms with E-state index < -0.39 is 10.0 Å². The number of anilines is 1. The average molecular weight is 332 g/mol. The van der Waals surface area contributed by atoms with Gasteiger partial charge in [0, 0.05) is 18.4 Å². The summed E-state index contributed by atoms with van der Waals surface area (Å²) < 4.78 is 30.2. The Morgan fingerprint density at radius 3 is 2.74 bits per heavy atom. The zero-order valence-electron chi connectivity index (χ0n) is 12.7. The summed E-state index contributed by atoms with van der Waals surface area (Å²) in [5.74, 6) is 0. The summed E-state index contributed by atoms with van der Waals surface area (Å²) in [6, 6.07) is 8.41. The fourth-order valence-corrected chi connectivity index (χ4v) is 3.39. The Morgan fingerprint density at radius 2 is 2.04 bits per heavy atom. The van der Waals surface area contributed by atoms with Gasteiger partial charge in [0.2, 0.25) is 0 Å². The largest absolute Gasteiger partial charge is 0.300 e. The van der Waals surface area contributed by atoms with E-state index in [-0.39, 0.29) is 16.0 Å². The van der Waals surface area contributed by atoms with Gasteiger partial charge in [-0.1, -0.05) is 12.1 Å². The van der Waals surface area contributed by atoms with Gasteiger partial charge in [-0.3, -0.25) is 13.9 Å². The van der Waals surface area contributed by atoms with Gasteiger partial charge in [-0.2, -0.15) is 5.10 Å². The highest BCUT2D eigenvalue weighted by molar-refractivity contribution is 7.92. The monoisotopic (exact) mass is 332 g/mol. The summed E-state index contributed by atoms with van der Waals surface area (Å²) in [5, 5.41) is 3.97. The molecule has 0 saturated heterocycles. The molecule has 0 aliphatic carbocycles. The maximum Gasteiger partial charge on any atom is 0.291 e. The maximum absolute atomic E-state index is 12.5. The Bertz CT molecular complexity index is 1030. The quantitative estimate of drug-likeness (QED) is 0.787. The number of aryl methyl sites for hydroxylation is 2. The van der Waals surface area contributed by atoms with Crippen molar-refractivity contribution in [2.45, 2.75) is 25.3 Å². The van der Waals surface area contributed by atoms with Gasteiger partial charge in [0.05, 0.1) is 0 Å². The van der Waals surface area contributed by atoms with Crippen LogP contribution in [0.1, 0.15) is 12.5 Å². The Morgan fingerprint density at radius 1 is 1.26 bits per heavy atom. The van der Waals surface area contributed by atoms with Gasteiger partial charge in [0.1, 0.15) is 16.7 Å². The van der Waals surface area contributed by atoms with Crippen molar-refractivity contribution in [2.24, 2.45) is 0 Å². The third kappa shape index (κ3) is 2.85. The SMILES string of the molecule is CCn1ncn2cc(S(=O)(=O)Nc3cccc(C)c3)cc2c1=O. The Balaban J connectivity index is 2.05. The number of sulfonamides is 1. The van der Waals surface area contributed by atoms with Crippen molar-refractivity contribution < 1.29 is 8.42 Å². The van der Waals surface area contributed by atoms with Gasteiger partial charge in [-0.05, 0) is 37.6 Å². The van der Waals surface area contributed by atoms with Gasteiger partial charge in [-0.15, -0.1) is 0 Å². The molecular weight excluding hydrogens is 316 g/mol. The smallest absolute Gasteiger partial charge is 0.291 e. The van der Waals surface area contributed by atoms with Crippen LogP contribution < -0.4 is 10.3 Å². The van der Waals surface area contributed by atoms with E-state index in [1.807, 2.05) is 13.0 Å². The summed E-state index contributed by atoms with van der Waals surface area (Å²) >= 11 is 0. The fourth-order valence-electron chi connectivity index (χ4n) is 2.32. The molecule has 0 saturated carbocycles. The van der Waals surface area contributed by atoms with Crippen LogP contribution in [0.5, 0.6) is 0 Å². The zero-order chi connectivity index (χ0) is 16.6. The van der Waals surface area contributed by atoms with Gasteiger partial charge in [0.15, 0.2) is 0 Å². The third-order valence-electron chi connectivity index (χ3n) is 3.47. The first-order chi connectivity index (χ1) is 10.9. The number of benzene rings is 1. The molecule has 0 amide bonds. The highest BCUT2D eigenvalue weighted by Crippen LogP contribution is 2.18. The van der Waals surface area contributed by atoms with Gasteiger partial charge >= 0.3 is 0 Å². The van der Waals surface area contributed by atoms with Crippen molar-refractivity contribution in [2.75, 3.05) is 4.72 Å². The van der Waals surface area contributed by atoms with E-state index in [0.717, 1.165) is 5.56 Å². The molecule has 1 aromatic carbocycles. The Kier molecular flexibility index (Phi) is 3.69. The van der Waals surface area contributed by atoms with E-state index in [1.54, 1.807) is 25.1 Å². The molecule has 0 fully saturated rings. The van der Waals surface area contributed by atoms with Crippen LogP contribution in [0.25, 0.3) is 5.52 Å². The van der Waals surface area contributed by atoms with E-state index >= 15 is 0 Å². The first-order valence-electron chi connectivity index (χ1n) is 7.08. The van der Waals surface area contributed by atoms with Crippen LogP contribution in [0.3, 0.4) is 0 Å². The number of hydrogen-bond acceptors (Lipinski definition) is 4. The van der Waals surface area contributed by atoms with E-state index in [9.17, 15) is 13.2 Å². The van der Waals surface area contributed by atoms with E-state index in [2.05, 4.69) is 9.82 Å². The molecule has 2 aromatic heterocycles. The van der Waals surface area contributed by atoms with Gasteiger partial charge in [0.25, 0.3) is 15.6 Å². The zero-order valence-corrected chi connectivity index (χ0v) is 13.5. The molecule has 3 aromatic rings. The number of nitrogens with one attached hydrogen (secondary N) is 1. The number of aromatic nitrogens is 3. The predicted octanol–water partition coefficient (Wildman–Crippen LogP) is 1.63. The molecule has 7 nitrogen and oxygen atoms in total. The lowest BCUT2D eigenvalue weighted by Crippen LogP contribution is -2.23. The van der Waals surface area contributed by atoms with Crippen LogP contribution in [-0.2, 0) is 16.6 Å². The predicted molar refractivity (Wildman–Crippen MR) is 87.1 cm³/mol. The summed E-state index contributed by atoms with van der Waals surface area (Å²) in [4.78, 5) is 12.2. The van der Waals surface area contributed by atoms with E-state index in [0.29, 0.717) is 12.2 Å². The lowest BCUT2D eigenvalue weighted by Gasteiger charge is -2.06. The number of rotatable bonds is 4. The second-order valence-electron chi connectivity index (χ2n) is 5.20. The van der Waals surface area contributed by atoms with Crippen molar-refractivity contribution in [3.8, 4) is 0 Å². The Labute approximate surface area is 133 Å². The second kappa shape index (κ2) is 5.54. The van der Waals surface area contributed by atoms with Crippen LogP contribution in [0.15, 0.2) is 52.5 Å². The molecule has 0 aliphatic rings. The van der Waals surface area contributed by atoms with Crippen LogP contribution >= 0.6 is 0 Å². The molecule has 120 valence electrons. The second-order valence-corrected chi connectivity index (χ2v) is 6.88. The molecule has 23 heavy (non-hydrogen) atoms. The molecule has 0 bridgehead atoms. The highest BCUT2D eigenvalue weighted by atomic mass is 32.2. The van der Waals surface area contributed by atoms with Crippen molar-refractivity contribution in [3.05, 3.63) is 58.8 Å². The summed E-state index contributed by atoms with van der Waals surface area (Å²) in [7, 11) is -3.78. The molecule has 1 N–H and O–H groups in total. The summed E-state index contributed by atoms with van der Waals surface area (Å²) in [6.07, 6.45) is 2.80. The lowest BCUT2D eigenvalue weighted by molar-refractivity contribution is 0.601. The Hall–Kier alpha value is -2.61. The van der Waals surface area contributed by atoms with Crippen LogP contribution in [0.4, 0.5) is 5.69 Å². The van der Waals surface area contributed by atoms with Crippen molar-refractivity contribution in [1.29, 1.82) is 0 Å². The van der Waals surface area contributed by atoms with Gasteiger partial charge < -0.3 is 0 Å². The van der Waals surface area contributed by atoms with Crippen molar-refractivity contribution in [3.63, 3.8) is 0 Å². The minimum absolute atomic E-state index is 0.0201. The standard InChI is InChI=1S/C15H16N4O3S/c1-3-19-15(20)14-8-13(9-18(14)10-16-19)23(21,22)17-12-6-4-5-11(2)7-12/h4-10,17H,3H2,1-2H3. The van der Waals surface area contributed by atoms with Gasteiger partial charge in [-0.25, -0.2) is 13.1 Å². The first-order valence-corrected chi connectivity index (χ1v) is 8.56. The molecule has 0 aliphatic heterocycles. The topological polar surface area (TPSA) is 85.5 Å². The molecule has 0 atom stereocenters. The number of nitrogens with zero attached hydrogens (tertiary/aromatic N) is 3. The number of fused-ring (bicyclic) bond motifs is 1. The normalized spacial score (nSPS) is 11.7. The average Bonchev–Trinajstić information content (AvgIpc) is 2.93. The summed E-state index contributed by atoms with van der Waals surface area (Å²) in [6.45, 7) is 4.10. The molecule has 3 rings (SSSR count). The molecule has 0 spiro atoms. The molecular formula is C15H16N4O3S. The molecule has 0 radical (unpaired) electrons. The van der Waals surface area contributed by atoms with E-state index in [4.69, 9.17) is 0 Å². The van der Waals surface area contributed by atoms with Crippen molar-refractivity contribution >= 4 is 21.2 Å². The number of hydrogen-bond donors (Lipinski definition) is 1. The maximum atomic E-state index is 12.5. The van der Waals surface area contributed by atoms with Crippen molar-refractivity contribution in [1.82, 2.24) is 14.2 Å². The fraction of sp³-hybridized carbons (Fsp3) is 0.200. The molecule has 8 heteroatoms. The minimum atomic E-state index is -3.78. The first kappa shape index (κ1) is 15.3.